The van der Waals surface area contributed by atoms with E-state index in [4.69, 9.17) is 4.74 Å². The fourth-order valence-electron chi connectivity index (χ4n) is 0.784. The Bertz CT molecular complexity index is 231. The largest absolute Gasteiger partial charge is 0.383 e. The van der Waals surface area contributed by atoms with E-state index in [0.717, 1.165) is 12.4 Å². The summed E-state index contributed by atoms with van der Waals surface area (Å²) in [5, 5.41) is 7.56. The molecular weight excluding hydrogens is 142 g/mol. The molecule has 0 atom stereocenters. The molecule has 0 spiro atoms. The Morgan fingerprint density at radius 2 is 2.64 bits per heavy atom. The van der Waals surface area contributed by atoms with Gasteiger partial charge in [0, 0.05) is 13.7 Å². The van der Waals surface area contributed by atoms with Gasteiger partial charge in [0.05, 0.1) is 6.61 Å². The molecule has 0 aliphatic carbocycles. The minimum Gasteiger partial charge on any atom is -0.383 e. The highest BCUT2D eigenvalue weighted by atomic mass is 16.5. The van der Waals surface area contributed by atoms with Crippen molar-refractivity contribution in [3.63, 3.8) is 0 Å². The Kier molecular flexibility index (Phi) is 2.80. The third-order valence-electron chi connectivity index (χ3n) is 1.36. The second-order valence-corrected chi connectivity index (χ2v) is 2.08. The van der Waals surface area contributed by atoms with E-state index in [1.807, 2.05) is 4.57 Å². The zero-order valence-corrected chi connectivity index (χ0v) is 6.53. The lowest BCUT2D eigenvalue weighted by molar-refractivity contribution is 0.187. The van der Waals surface area contributed by atoms with Crippen molar-refractivity contribution in [3.8, 4) is 0 Å². The van der Waals surface area contributed by atoms with Gasteiger partial charge in [-0.1, -0.05) is 6.58 Å². The molecule has 0 bridgehead atoms. The van der Waals surface area contributed by atoms with E-state index in [9.17, 15) is 0 Å². The molecule has 4 nitrogen and oxygen atoms in total. The van der Waals surface area contributed by atoms with Gasteiger partial charge in [-0.3, -0.25) is 0 Å². The SMILES string of the molecule is C=Cc1nncn1CCOC. The summed E-state index contributed by atoms with van der Waals surface area (Å²) in [5.74, 6) is 0.780. The smallest absolute Gasteiger partial charge is 0.155 e. The average Bonchev–Trinajstić information content (AvgIpc) is 2.47. The van der Waals surface area contributed by atoms with Crippen LogP contribution in [0.2, 0.25) is 0 Å². The standard InChI is InChI=1S/C7H11N3O/c1-3-7-9-8-6-10(7)4-5-11-2/h3,6H,1,4-5H2,2H3. The van der Waals surface area contributed by atoms with E-state index in [1.54, 1.807) is 19.5 Å². The van der Waals surface area contributed by atoms with Crippen molar-refractivity contribution >= 4 is 6.08 Å². The first-order chi connectivity index (χ1) is 5.38. The molecule has 4 heteroatoms. The number of hydrogen-bond acceptors (Lipinski definition) is 3. The first kappa shape index (κ1) is 7.94. The van der Waals surface area contributed by atoms with Crippen LogP contribution in [0.5, 0.6) is 0 Å². The van der Waals surface area contributed by atoms with Gasteiger partial charge in [-0.2, -0.15) is 0 Å². The Morgan fingerprint density at radius 3 is 3.27 bits per heavy atom. The van der Waals surface area contributed by atoms with Crippen LogP contribution < -0.4 is 0 Å². The number of ether oxygens (including phenoxy) is 1. The van der Waals surface area contributed by atoms with Gasteiger partial charge in [0.1, 0.15) is 6.33 Å². The zero-order chi connectivity index (χ0) is 8.10. The number of nitrogens with zero attached hydrogens (tertiary/aromatic N) is 3. The number of rotatable bonds is 4. The molecule has 0 N–H and O–H groups in total. The first-order valence-electron chi connectivity index (χ1n) is 3.37. The highest BCUT2D eigenvalue weighted by molar-refractivity contribution is 5.35. The van der Waals surface area contributed by atoms with Gasteiger partial charge < -0.3 is 9.30 Å². The first-order valence-corrected chi connectivity index (χ1v) is 3.37. The van der Waals surface area contributed by atoms with Crippen LogP contribution in [0.15, 0.2) is 12.9 Å². The lowest BCUT2D eigenvalue weighted by atomic mass is 10.5. The molecule has 0 saturated heterocycles. The minimum atomic E-state index is 0.666. The number of aromatic nitrogens is 3. The summed E-state index contributed by atoms with van der Waals surface area (Å²) in [4.78, 5) is 0. The van der Waals surface area contributed by atoms with E-state index in [2.05, 4.69) is 16.8 Å². The molecule has 1 aromatic heterocycles. The number of methoxy groups -OCH3 is 1. The van der Waals surface area contributed by atoms with Gasteiger partial charge in [0.15, 0.2) is 5.82 Å². The maximum atomic E-state index is 4.90. The van der Waals surface area contributed by atoms with Gasteiger partial charge >= 0.3 is 0 Å². The van der Waals surface area contributed by atoms with Crippen LogP contribution in [0.4, 0.5) is 0 Å². The molecule has 0 aliphatic rings. The molecule has 0 fully saturated rings. The third kappa shape index (κ3) is 1.88. The summed E-state index contributed by atoms with van der Waals surface area (Å²) in [6.07, 6.45) is 3.33. The summed E-state index contributed by atoms with van der Waals surface area (Å²) in [5.41, 5.74) is 0. The molecule has 1 heterocycles. The molecule has 0 aliphatic heterocycles. The van der Waals surface area contributed by atoms with Crippen molar-refractivity contribution in [2.75, 3.05) is 13.7 Å². The van der Waals surface area contributed by atoms with Crippen LogP contribution in [-0.2, 0) is 11.3 Å². The predicted molar refractivity (Wildman–Crippen MR) is 42.0 cm³/mol. The maximum Gasteiger partial charge on any atom is 0.155 e. The molecule has 1 rings (SSSR count). The zero-order valence-electron chi connectivity index (χ0n) is 6.53. The molecule has 60 valence electrons. The highest BCUT2D eigenvalue weighted by Crippen LogP contribution is 1.95. The van der Waals surface area contributed by atoms with E-state index >= 15 is 0 Å². The van der Waals surface area contributed by atoms with E-state index in [-0.39, 0.29) is 0 Å². The molecule has 1 aromatic rings. The molecule has 0 radical (unpaired) electrons. The van der Waals surface area contributed by atoms with Crippen LogP contribution in [0.25, 0.3) is 6.08 Å². The van der Waals surface area contributed by atoms with Gasteiger partial charge in [-0.15, -0.1) is 10.2 Å². The van der Waals surface area contributed by atoms with Crippen molar-refractivity contribution < 1.29 is 4.74 Å². The monoisotopic (exact) mass is 153 g/mol. The van der Waals surface area contributed by atoms with Crippen molar-refractivity contribution in [2.45, 2.75) is 6.54 Å². The predicted octanol–water partition coefficient (Wildman–Crippen LogP) is 0.567. The van der Waals surface area contributed by atoms with Crippen molar-refractivity contribution in [3.05, 3.63) is 18.7 Å². The van der Waals surface area contributed by atoms with E-state index < -0.39 is 0 Å². The van der Waals surface area contributed by atoms with Crippen molar-refractivity contribution in [1.82, 2.24) is 14.8 Å². The Balaban J connectivity index is 2.61. The van der Waals surface area contributed by atoms with Crippen LogP contribution >= 0.6 is 0 Å². The molecule has 0 unspecified atom stereocenters. The maximum absolute atomic E-state index is 4.90. The average molecular weight is 153 g/mol. The molecular formula is C7H11N3O. The fourth-order valence-corrected chi connectivity index (χ4v) is 0.784. The second kappa shape index (κ2) is 3.88. The van der Waals surface area contributed by atoms with Gasteiger partial charge in [0.25, 0.3) is 0 Å². The molecule has 0 saturated carbocycles. The van der Waals surface area contributed by atoms with Gasteiger partial charge in [0.2, 0.25) is 0 Å². The summed E-state index contributed by atoms with van der Waals surface area (Å²) in [7, 11) is 1.66. The normalized spacial score (nSPS) is 9.91. The Hall–Kier alpha value is -1.16. The summed E-state index contributed by atoms with van der Waals surface area (Å²) in [6.45, 7) is 5.04. The quantitative estimate of drug-likeness (QED) is 0.634. The molecule has 11 heavy (non-hydrogen) atoms. The molecule has 0 aromatic carbocycles. The van der Waals surface area contributed by atoms with Gasteiger partial charge in [-0.05, 0) is 6.08 Å². The Labute approximate surface area is 65.5 Å². The van der Waals surface area contributed by atoms with E-state index in [1.165, 1.54) is 0 Å². The van der Waals surface area contributed by atoms with Crippen LogP contribution in [-0.4, -0.2) is 28.5 Å². The highest BCUT2D eigenvalue weighted by Gasteiger charge is 1.97. The summed E-state index contributed by atoms with van der Waals surface area (Å²) >= 11 is 0. The van der Waals surface area contributed by atoms with Crippen molar-refractivity contribution in [1.29, 1.82) is 0 Å². The van der Waals surface area contributed by atoms with Crippen LogP contribution in [0.3, 0.4) is 0 Å². The summed E-state index contributed by atoms with van der Waals surface area (Å²) < 4.78 is 6.79. The minimum absolute atomic E-state index is 0.666. The number of hydrogen-bond donors (Lipinski definition) is 0. The third-order valence-corrected chi connectivity index (χ3v) is 1.36. The summed E-state index contributed by atoms with van der Waals surface area (Å²) in [6, 6.07) is 0. The molecule has 0 amide bonds. The van der Waals surface area contributed by atoms with E-state index in [0.29, 0.717) is 6.61 Å². The lowest BCUT2D eigenvalue weighted by Crippen LogP contribution is -2.04. The Morgan fingerprint density at radius 1 is 1.82 bits per heavy atom. The topological polar surface area (TPSA) is 39.9 Å². The van der Waals surface area contributed by atoms with Gasteiger partial charge in [-0.25, -0.2) is 0 Å². The van der Waals surface area contributed by atoms with Crippen LogP contribution in [0.1, 0.15) is 5.82 Å². The lowest BCUT2D eigenvalue weighted by Gasteiger charge is -2.00. The fraction of sp³-hybridized carbons (Fsp3) is 0.429. The van der Waals surface area contributed by atoms with Crippen molar-refractivity contribution in [2.24, 2.45) is 0 Å². The second-order valence-electron chi connectivity index (χ2n) is 2.08. The van der Waals surface area contributed by atoms with Crippen LogP contribution in [0, 0.1) is 0 Å².